The van der Waals surface area contributed by atoms with E-state index in [4.69, 9.17) is 11.5 Å². The van der Waals surface area contributed by atoms with Crippen molar-refractivity contribution in [2.24, 2.45) is 11.7 Å². The Balaban J connectivity index is 1.46. The SMILES string of the molecule is NC(=O)[C@@H]1CCCN(C(=O)CSc2nc(N)c3c4c(sc3n2)CCCC4)C1. The normalized spacial score (nSPS) is 19.9. The Labute approximate surface area is 165 Å². The number of thioether (sulfide) groups is 1. The number of carbonyl (C=O) groups excluding carboxylic acids is 2. The molecule has 2 amide bonds. The van der Waals surface area contributed by atoms with Gasteiger partial charge in [0.1, 0.15) is 10.6 Å². The van der Waals surface area contributed by atoms with Crippen molar-refractivity contribution in [3.05, 3.63) is 10.4 Å². The van der Waals surface area contributed by atoms with Crippen molar-refractivity contribution >= 4 is 50.9 Å². The molecule has 0 radical (unpaired) electrons. The maximum Gasteiger partial charge on any atom is 0.233 e. The van der Waals surface area contributed by atoms with Crippen LogP contribution in [-0.2, 0) is 22.4 Å². The molecule has 144 valence electrons. The molecule has 1 atom stereocenters. The summed E-state index contributed by atoms with van der Waals surface area (Å²) in [5.74, 6) is 0.165. The van der Waals surface area contributed by atoms with E-state index in [1.807, 2.05) is 0 Å². The van der Waals surface area contributed by atoms with E-state index in [1.165, 1.54) is 35.0 Å². The van der Waals surface area contributed by atoms with Crippen LogP contribution in [0.4, 0.5) is 5.82 Å². The van der Waals surface area contributed by atoms with Crippen molar-refractivity contribution in [1.29, 1.82) is 0 Å². The minimum atomic E-state index is -0.330. The Kier molecular flexibility index (Phi) is 5.23. The average molecular weight is 406 g/mol. The van der Waals surface area contributed by atoms with Crippen LogP contribution in [-0.4, -0.2) is 45.5 Å². The molecule has 0 unspecified atom stereocenters. The van der Waals surface area contributed by atoms with Gasteiger partial charge in [-0.25, -0.2) is 9.97 Å². The second-order valence-corrected chi connectivity index (χ2v) is 9.18. The largest absolute Gasteiger partial charge is 0.383 e. The molecule has 0 spiro atoms. The lowest BCUT2D eigenvalue weighted by molar-refractivity contribution is -0.132. The fourth-order valence-electron chi connectivity index (χ4n) is 3.88. The summed E-state index contributed by atoms with van der Waals surface area (Å²) in [6.45, 7) is 1.08. The van der Waals surface area contributed by atoms with Gasteiger partial charge in [0.15, 0.2) is 5.16 Å². The van der Waals surface area contributed by atoms with Crippen LogP contribution in [0.15, 0.2) is 5.16 Å². The van der Waals surface area contributed by atoms with Crippen LogP contribution in [0.3, 0.4) is 0 Å². The lowest BCUT2D eigenvalue weighted by atomic mass is 9.97. The molecule has 4 rings (SSSR count). The number of fused-ring (bicyclic) bond motifs is 3. The van der Waals surface area contributed by atoms with Gasteiger partial charge in [-0.3, -0.25) is 9.59 Å². The number of nitrogens with two attached hydrogens (primary N) is 2. The first-order chi connectivity index (χ1) is 13.0. The number of hydrogen-bond acceptors (Lipinski definition) is 7. The van der Waals surface area contributed by atoms with Gasteiger partial charge in [0, 0.05) is 18.0 Å². The summed E-state index contributed by atoms with van der Waals surface area (Å²) in [4.78, 5) is 37.0. The molecule has 3 heterocycles. The lowest BCUT2D eigenvalue weighted by Crippen LogP contribution is -2.44. The zero-order valence-electron chi connectivity index (χ0n) is 15.1. The Hall–Kier alpha value is -1.87. The second-order valence-electron chi connectivity index (χ2n) is 7.15. The predicted molar refractivity (Wildman–Crippen MR) is 108 cm³/mol. The van der Waals surface area contributed by atoms with E-state index < -0.39 is 0 Å². The quantitative estimate of drug-likeness (QED) is 0.593. The Morgan fingerprint density at radius 1 is 1.22 bits per heavy atom. The molecule has 1 aliphatic carbocycles. The van der Waals surface area contributed by atoms with Gasteiger partial charge in [-0.05, 0) is 44.1 Å². The number of aryl methyl sites for hydroxylation is 2. The number of nitrogen functional groups attached to an aromatic ring is 1. The number of carbonyl (C=O) groups is 2. The summed E-state index contributed by atoms with van der Waals surface area (Å²) in [7, 11) is 0. The summed E-state index contributed by atoms with van der Waals surface area (Å²) in [5.41, 5.74) is 12.9. The molecule has 1 aliphatic heterocycles. The predicted octanol–water partition coefficient (Wildman–Crippen LogP) is 1.97. The summed E-state index contributed by atoms with van der Waals surface area (Å²) in [6, 6.07) is 0. The molecule has 7 nitrogen and oxygen atoms in total. The Morgan fingerprint density at radius 3 is 2.85 bits per heavy atom. The molecule has 2 aromatic rings. The molecule has 0 saturated carbocycles. The molecule has 1 fully saturated rings. The van der Waals surface area contributed by atoms with Gasteiger partial charge < -0.3 is 16.4 Å². The third-order valence-corrected chi connectivity index (χ3v) is 7.34. The van der Waals surface area contributed by atoms with Crippen molar-refractivity contribution < 1.29 is 9.59 Å². The number of amides is 2. The van der Waals surface area contributed by atoms with Gasteiger partial charge >= 0.3 is 0 Å². The molecule has 2 aromatic heterocycles. The number of aromatic nitrogens is 2. The topological polar surface area (TPSA) is 115 Å². The highest BCUT2D eigenvalue weighted by Crippen LogP contribution is 2.38. The van der Waals surface area contributed by atoms with Crippen molar-refractivity contribution in [3.8, 4) is 0 Å². The number of primary amides is 1. The molecule has 1 saturated heterocycles. The highest BCUT2D eigenvalue weighted by atomic mass is 32.2. The highest BCUT2D eigenvalue weighted by Gasteiger charge is 2.27. The van der Waals surface area contributed by atoms with E-state index in [2.05, 4.69) is 9.97 Å². The van der Waals surface area contributed by atoms with Crippen LogP contribution < -0.4 is 11.5 Å². The molecule has 0 bridgehead atoms. The van der Waals surface area contributed by atoms with E-state index in [0.29, 0.717) is 24.1 Å². The molecular formula is C18H23N5O2S2. The smallest absolute Gasteiger partial charge is 0.233 e. The van der Waals surface area contributed by atoms with Crippen LogP contribution in [0.2, 0.25) is 0 Å². The molecule has 2 aliphatic rings. The van der Waals surface area contributed by atoms with E-state index in [1.54, 1.807) is 16.2 Å². The van der Waals surface area contributed by atoms with Gasteiger partial charge in [-0.1, -0.05) is 11.8 Å². The van der Waals surface area contributed by atoms with Crippen LogP contribution in [0, 0.1) is 5.92 Å². The van der Waals surface area contributed by atoms with Gasteiger partial charge in [0.05, 0.1) is 17.1 Å². The van der Waals surface area contributed by atoms with Crippen LogP contribution in [0.5, 0.6) is 0 Å². The van der Waals surface area contributed by atoms with Crippen molar-refractivity contribution in [3.63, 3.8) is 0 Å². The first-order valence-corrected chi connectivity index (χ1v) is 11.1. The first kappa shape index (κ1) is 18.5. The fourth-order valence-corrected chi connectivity index (χ4v) is 5.96. The van der Waals surface area contributed by atoms with E-state index in [0.717, 1.165) is 35.9 Å². The maximum absolute atomic E-state index is 12.5. The zero-order chi connectivity index (χ0) is 19.0. The van der Waals surface area contributed by atoms with E-state index in [-0.39, 0.29) is 23.5 Å². The van der Waals surface area contributed by atoms with Gasteiger partial charge in [-0.15, -0.1) is 11.3 Å². The number of rotatable bonds is 4. The zero-order valence-corrected chi connectivity index (χ0v) is 16.7. The highest BCUT2D eigenvalue weighted by molar-refractivity contribution is 7.99. The maximum atomic E-state index is 12.5. The van der Waals surface area contributed by atoms with Gasteiger partial charge in [0.2, 0.25) is 11.8 Å². The number of hydrogen-bond donors (Lipinski definition) is 2. The number of likely N-dealkylation sites (tertiary alicyclic amines) is 1. The molecule has 4 N–H and O–H groups in total. The number of piperidine rings is 1. The third kappa shape index (κ3) is 3.75. The number of nitrogens with zero attached hydrogens (tertiary/aromatic N) is 3. The molecule has 0 aromatic carbocycles. The van der Waals surface area contributed by atoms with E-state index >= 15 is 0 Å². The van der Waals surface area contributed by atoms with Crippen LogP contribution in [0.25, 0.3) is 10.2 Å². The van der Waals surface area contributed by atoms with Gasteiger partial charge in [-0.2, -0.15) is 0 Å². The summed E-state index contributed by atoms with van der Waals surface area (Å²) < 4.78 is 0. The summed E-state index contributed by atoms with van der Waals surface area (Å²) in [6.07, 6.45) is 6.10. The van der Waals surface area contributed by atoms with Crippen molar-refractivity contribution in [2.45, 2.75) is 43.7 Å². The van der Waals surface area contributed by atoms with Crippen molar-refractivity contribution in [1.82, 2.24) is 14.9 Å². The standard InChI is InChI=1S/C18H23N5O2S2/c19-15-14-11-5-1-2-6-12(11)27-17(14)22-18(21-15)26-9-13(24)23-7-3-4-10(8-23)16(20)25/h10H,1-9H2,(H2,20,25)(H2,19,21,22)/t10-/m1/s1. The second kappa shape index (κ2) is 7.63. The minimum absolute atomic E-state index is 0.0151. The Morgan fingerprint density at radius 2 is 2.04 bits per heavy atom. The lowest BCUT2D eigenvalue weighted by Gasteiger charge is -2.31. The Bertz CT molecular complexity index is 897. The van der Waals surface area contributed by atoms with Gasteiger partial charge in [0.25, 0.3) is 0 Å². The monoisotopic (exact) mass is 405 g/mol. The van der Waals surface area contributed by atoms with Crippen LogP contribution >= 0.6 is 23.1 Å². The summed E-state index contributed by atoms with van der Waals surface area (Å²) in [5, 5.41) is 1.54. The number of anilines is 1. The molecule has 27 heavy (non-hydrogen) atoms. The van der Waals surface area contributed by atoms with Crippen molar-refractivity contribution in [2.75, 3.05) is 24.6 Å². The minimum Gasteiger partial charge on any atom is -0.383 e. The molecule has 9 heteroatoms. The van der Waals surface area contributed by atoms with E-state index in [9.17, 15) is 9.59 Å². The third-order valence-electron chi connectivity index (χ3n) is 5.32. The van der Waals surface area contributed by atoms with Crippen LogP contribution in [0.1, 0.15) is 36.1 Å². The average Bonchev–Trinajstić information content (AvgIpc) is 3.05. The molecular weight excluding hydrogens is 382 g/mol. The first-order valence-electron chi connectivity index (χ1n) is 9.30. The number of thiophene rings is 1. The fraction of sp³-hybridized carbons (Fsp3) is 0.556. The summed E-state index contributed by atoms with van der Waals surface area (Å²) >= 11 is 3.01.